The van der Waals surface area contributed by atoms with Gasteiger partial charge in [-0.2, -0.15) is 0 Å². The second kappa shape index (κ2) is 4.91. The Kier molecular flexibility index (Phi) is 4.14. The van der Waals surface area contributed by atoms with Gasteiger partial charge in [0.15, 0.2) is 0 Å². The van der Waals surface area contributed by atoms with Crippen LogP contribution >= 0.6 is 0 Å². The molecule has 0 aromatic heterocycles. The van der Waals surface area contributed by atoms with Crippen molar-refractivity contribution < 1.29 is 8.76 Å². The van der Waals surface area contributed by atoms with Gasteiger partial charge in [-0.05, 0) is 13.0 Å². The molecule has 0 spiro atoms. The first-order valence-electron chi connectivity index (χ1n) is 4.30. The molecule has 0 bridgehead atoms. The molecule has 1 unspecified atom stereocenters. The summed E-state index contributed by atoms with van der Waals surface area (Å²) in [6.45, 7) is 6.27. The fourth-order valence-corrected chi connectivity index (χ4v) is 1.88. The van der Waals surface area contributed by atoms with Crippen molar-refractivity contribution in [1.82, 2.24) is 9.21 Å². The van der Waals surface area contributed by atoms with Gasteiger partial charge in [0.2, 0.25) is 0 Å². The molecule has 1 aliphatic heterocycles. The minimum Gasteiger partial charge on any atom is -0.760 e. The molecule has 1 atom stereocenters. The van der Waals surface area contributed by atoms with E-state index in [9.17, 15) is 8.76 Å². The SMILES string of the molecule is CCCN1CCN(S(=O)[O-])CC1. The standard InChI is InChI=1S/C7H16N2O2S/c1-2-3-8-4-6-9(7-5-8)12(10)11/h2-7H2,1H3,(H,10,11)/p-1. The number of hydrogen-bond donors (Lipinski definition) is 0. The summed E-state index contributed by atoms with van der Waals surface area (Å²) >= 11 is -2.01. The Morgan fingerprint density at radius 1 is 1.33 bits per heavy atom. The lowest BCUT2D eigenvalue weighted by molar-refractivity contribution is 0.186. The van der Waals surface area contributed by atoms with Gasteiger partial charge in [0.1, 0.15) is 0 Å². The number of rotatable bonds is 3. The zero-order valence-electron chi connectivity index (χ0n) is 7.36. The fraction of sp³-hybridized carbons (Fsp3) is 1.00. The van der Waals surface area contributed by atoms with Crippen LogP contribution in [0.4, 0.5) is 0 Å². The van der Waals surface area contributed by atoms with Crippen molar-refractivity contribution in [3.05, 3.63) is 0 Å². The summed E-state index contributed by atoms with van der Waals surface area (Å²) in [5, 5.41) is 0. The summed E-state index contributed by atoms with van der Waals surface area (Å²) < 4.78 is 22.5. The van der Waals surface area contributed by atoms with Gasteiger partial charge in [0.05, 0.1) is 0 Å². The van der Waals surface area contributed by atoms with E-state index in [1.54, 1.807) is 0 Å². The minimum atomic E-state index is -2.01. The Labute approximate surface area is 76.0 Å². The molecule has 4 nitrogen and oxygen atoms in total. The van der Waals surface area contributed by atoms with Crippen LogP contribution in [0.15, 0.2) is 0 Å². The minimum absolute atomic E-state index is 0.649. The van der Waals surface area contributed by atoms with Gasteiger partial charge in [-0.15, -0.1) is 0 Å². The summed E-state index contributed by atoms with van der Waals surface area (Å²) in [4.78, 5) is 2.30. The van der Waals surface area contributed by atoms with Crippen molar-refractivity contribution in [3.63, 3.8) is 0 Å². The molecule has 0 aliphatic carbocycles. The van der Waals surface area contributed by atoms with Gasteiger partial charge in [-0.1, -0.05) is 6.92 Å². The highest BCUT2D eigenvalue weighted by molar-refractivity contribution is 7.76. The molecule has 0 amide bonds. The van der Waals surface area contributed by atoms with E-state index >= 15 is 0 Å². The molecular formula is C7H15N2O2S-. The lowest BCUT2D eigenvalue weighted by Gasteiger charge is -2.34. The van der Waals surface area contributed by atoms with E-state index in [-0.39, 0.29) is 0 Å². The Balaban J connectivity index is 2.25. The van der Waals surface area contributed by atoms with E-state index < -0.39 is 11.3 Å². The highest BCUT2D eigenvalue weighted by atomic mass is 32.2. The van der Waals surface area contributed by atoms with E-state index in [0.717, 1.165) is 26.1 Å². The molecule has 0 saturated carbocycles. The summed E-state index contributed by atoms with van der Waals surface area (Å²) in [7, 11) is 0. The third-order valence-corrected chi connectivity index (χ3v) is 2.87. The van der Waals surface area contributed by atoms with Crippen LogP contribution in [0.5, 0.6) is 0 Å². The van der Waals surface area contributed by atoms with Crippen molar-refractivity contribution in [2.45, 2.75) is 13.3 Å². The van der Waals surface area contributed by atoms with E-state index in [1.807, 2.05) is 0 Å². The van der Waals surface area contributed by atoms with E-state index in [2.05, 4.69) is 11.8 Å². The Morgan fingerprint density at radius 2 is 1.92 bits per heavy atom. The quantitative estimate of drug-likeness (QED) is 0.581. The molecule has 12 heavy (non-hydrogen) atoms. The summed E-state index contributed by atoms with van der Waals surface area (Å²) in [5.74, 6) is 0. The molecule has 1 rings (SSSR count). The molecule has 0 N–H and O–H groups in total. The normalized spacial score (nSPS) is 24.2. The van der Waals surface area contributed by atoms with Crippen LogP contribution in [-0.2, 0) is 11.3 Å². The maximum absolute atomic E-state index is 10.5. The Morgan fingerprint density at radius 3 is 2.33 bits per heavy atom. The van der Waals surface area contributed by atoms with E-state index in [1.165, 1.54) is 4.31 Å². The van der Waals surface area contributed by atoms with Crippen molar-refractivity contribution >= 4 is 11.3 Å². The lowest BCUT2D eigenvalue weighted by Crippen LogP contribution is -2.46. The first kappa shape index (κ1) is 10.1. The second-order valence-corrected chi connectivity index (χ2v) is 3.94. The van der Waals surface area contributed by atoms with Gasteiger partial charge in [-0.3, -0.25) is 4.21 Å². The summed E-state index contributed by atoms with van der Waals surface area (Å²) in [5.41, 5.74) is 0. The van der Waals surface area contributed by atoms with Gasteiger partial charge in [0, 0.05) is 37.4 Å². The first-order valence-corrected chi connectivity index (χ1v) is 5.34. The fourth-order valence-electron chi connectivity index (χ4n) is 1.42. The van der Waals surface area contributed by atoms with Crippen LogP contribution in [0.1, 0.15) is 13.3 Å². The largest absolute Gasteiger partial charge is 0.760 e. The molecule has 1 aliphatic rings. The predicted octanol–water partition coefficient (Wildman–Crippen LogP) is -0.192. The van der Waals surface area contributed by atoms with Crippen molar-refractivity contribution in [2.75, 3.05) is 32.7 Å². The van der Waals surface area contributed by atoms with Crippen molar-refractivity contribution in [1.29, 1.82) is 0 Å². The molecule has 5 heteroatoms. The maximum atomic E-state index is 10.5. The van der Waals surface area contributed by atoms with Crippen LogP contribution < -0.4 is 0 Å². The van der Waals surface area contributed by atoms with Crippen LogP contribution in [0, 0.1) is 0 Å². The van der Waals surface area contributed by atoms with Crippen LogP contribution in [0.2, 0.25) is 0 Å². The molecular weight excluding hydrogens is 176 g/mol. The number of hydrogen-bond acceptors (Lipinski definition) is 3. The molecule has 1 fully saturated rings. The molecule has 1 heterocycles. The van der Waals surface area contributed by atoms with Gasteiger partial charge < -0.3 is 9.45 Å². The van der Waals surface area contributed by atoms with E-state index in [4.69, 9.17) is 0 Å². The summed E-state index contributed by atoms with van der Waals surface area (Å²) in [6.07, 6.45) is 1.14. The first-order chi connectivity index (χ1) is 5.74. The average Bonchev–Trinajstić information content (AvgIpc) is 2.06. The van der Waals surface area contributed by atoms with Gasteiger partial charge in [0.25, 0.3) is 0 Å². The third kappa shape index (κ3) is 2.82. The zero-order chi connectivity index (χ0) is 8.97. The highest BCUT2D eigenvalue weighted by Gasteiger charge is 2.15. The number of nitrogens with zero attached hydrogens (tertiary/aromatic N) is 2. The third-order valence-electron chi connectivity index (χ3n) is 2.08. The Bertz CT molecular complexity index is 157. The van der Waals surface area contributed by atoms with Crippen LogP contribution in [0.25, 0.3) is 0 Å². The van der Waals surface area contributed by atoms with Gasteiger partial charge in [-0.25, -0.2) is 4.31 Å². The molecule has 72 valence electrons. The summed E-state index contributed by atoms with van der Waals surface area (Å²) in [6, 6.07) is 0. The van der Waals surface area contributed by atoms with Crippen LogP contribution in [0.3, 0.4) is 0 Å². The zero-order valence-corrected chi connectivity index (χ0v) is 8.18. The molecule has 1 saturated heterocycles. The highest BCUT2D eigenvalue weighted by Crippen LogP contribution is 2.03. The molecule has 0 aromatic carbocycles. The van der Waals surface area contributed by atoms with Crippen LogP contribution in [-0.4, -0.2) is 50.7 Å². The predicted molar refractivity (Wildman–Crippen MR) is 47.2 cm³/mol. The Hall–Kier alpha value is 0.0300. The maximum Gasteiger partial charge on any atom is 0.0230 e. The topological polar surface area (TPSA) is 46.6 Å². The monoisotopic (exact) mass is 191 g/mol. The second-order valence-electron chi connectivity index (χ2n) is 2.99. The van der Waals surface area contributed by atoms with E-state index in [0.29, 0.717) is 13.1 Å². The molecule has 0 radical (unpaired) electrons. The number of piperazine rings is 1. The smallest absolute Gasteiger partial charge is 0.0230 e. The van der Waals surface area contributed by atoms with Gasteiger partial charge >= 0.3 is 0 Å². The van der Waals surface area contributed by atoms with Crippen molar-refractivity contribution in [2.24, 2.45) is 0 Å². The average molecular weight is 191 g/mol. The lowest BCUT2D eigenvalue weighted by atomic mass is 10.3. The molecule has 0 aromatic rings. The van der Waals surface area contributed by atoms with Crippen molar-refractivity contribution in [3.8, 4) is 0 Å².